The van der Waals surface area contributed by atoms with Crippen LogP contribution in [0.5, 0.6) is 0 Å². The first-order valence-electron chi connectivity index (χ1n) is 20.1. The minimum absolute atomic E-state index is 0.0387. The van der Waals surface area contributed by atoms with Crippen molar-refractivity contribution in [3.63, 3.8) is 0 Å². The number of rotatable bonds is 6. The molecule has 65 heavy (non-hydrogen) atoms. The van der Waals surface area contributed by atoms with Crippen molar-refractivity contribution in [3.8, 4) is 0 Å². The monoisotopic (exact) mass is 974 g/mol. The number of carbonyl (C=O) groups excluding carboxylic acids is 1. The molecule has 0 bridgehead atoms. The Morgan fingerprint density at radius 3 is 1.57 bits per heavy atom. The van der Waals surface area contributed by atoms with Gasteiger partial charge in [-0.25, -0.2) is 24.9 Å². The number of alkyl halides is 1. The van der Waals surface area contributed by atoms with Crippen LogP contribution in [0.25, 0.3) is 22.6 Å². The van der Waals surface area contributed by atoms with Crippen LogP contribution in [0, 0.1) is 46.3 Å². The second-order valence-electron chi connectivity index (χ2n) is 14.4. The van der Waals surface area contributed by atoms with Crippen molar-refractivity contribution >= 4 is 68.8 Å². The molecule has 10 aromatic heterocycles. The fourth-order valence-electron chi connectivity index (χ4n) is 6.64. The number of imidazole rings is 4. The Hall–Kier alpha value is -6.80. The number of halogens is 1. The van der Waals surface area contributed by atoms with E-state index in [-0.39, 0.29) is 17.7 Å². The average molecular weight is 976 g/mol. The smallest absolute Gasteiger partial charge is 0.251 e. The Balaban J connectivity index is 0.000000139. The van der Waals surface area contributed by atoms with Crippen LogP contribution < -0.4 is 11.1 Å². The first kappa shape index (κ1) is 47.7. The number of hydrogen-bond donors (Lipinski definition) is 4. The minimum Gasteiger partial charge on any atom is -0.390 e. The molecule has 0 aliphatic rings. The molecule has 0 atom stereocenters. The summed E-state index contributed by atoms with van der Waals surface area (Å²) in [6.07, 6.45) is 8.60. The summed E-state index contributed by atoms with van der Waals surface area (Å²) < 4.78 is 8.22. The maximum atomic E-state index is 11.4. The van der Waals surface area contributed by atoms with Gasteiger partial charge in [-0.2, -0.15) is 0 Å². The summed E-state index contributed by atoms with van der Waals surface area (Å²) in [6, 6.07) is 26.3. The first-order valence-corrected chi connectivity index (χ1v) is 22.7. The molecule has 0 fully saturated rings. The Kier molecular flexibility index (Phi) is 16.3. The molecule has 0 aromatic carbocycles. The fraction of sp³-hybridized carbons (Fsp3) is 0.196. The van der Waals surface area contributed by atoms with Crippen LogP contribution in [0.1, 0.15) is 61.7 Å². The van der Waals surface area contributed by atoms with Gasteiger partial charge < -0.3 is 28.3 Å². The van der Waals surface area contributed by atoms with E-state index < -0.39 is 0 Å². The lowest BCUT2D eigenvalue weighted by atomic mass is 10.3. The molecule has 0 amide bonds. The average Bonchev–Trinajstić information content (AvgIpc) is 3.99. The van der Waals surface area contributed by atoms with Gasteiger partial charge >= 0.3 is 0 Å². The number of carbonyl (C=O) groups is 1. The van der Waals surface area contributed by atoms with E-state index in [0.29, 0.717) is 21.4 Å². The quantitative estimate of drug-likeness (QED) is 0.0412. The van der Waals surface area contributed by atoms with E-state index >= 15 is 0 Å². The van der Waals surface area contributed by atoms with Gasteiger partial charge in [-0.3, -0.25) is 23.8 Å². The lowest BCUT2D eigenvalue weighted by Crippen LogP contribution is -2.08. The van der Waals surface area contributed by atoms with Crippen molar-refractivity contribution in [2.24, 2.45) is 0 Å². The Bertz CT molecular complexity index is 3290. The van der Waals surface area contributed by atoms with Gasteiger partial charge in [-0.05, 0) is 102 Å². The Morgan fingerprint density at radius 2 is 1.08 bits per heavy atom. The summed E-state index contributed by atoms with van der Waals surface area (Å²) in [5.74, 6) is 0.712. The molecule has 0 unspecified atom stereocenters. The maximum absolute atomic E-state index is 11.4. The minimum atomic E-state index is -0.156. The Labute approximate surface area is 390 Å². The van der Waals surface area contributed by atoms with Gasteiger partial charge in [0.05, 0.1) is 46.5 Å². The normalized spacial score (nSPS) is 10.6. The van der Waals surface area contributed by atoms with Crippen LogP contribution in [-0.4, -0.2) is 68.9 Å². The lowest BCUT2D eigenvalue weighted by Gasteiger charge is -2.03. The van der Waals surface area contributed by atoms with Gasteiger partial charge in [0.15, 0.2) is 16.2 Å². The molecule has 0 aliphatic heterocycles. The van der Waals surface area contributed by atoms with Gasteiger partial charge in [-0.15, -0.1) is 0 Å². The van der Waals surface area contributed by atoms with Crippen LogP contribution in [0.4, 0.5) is 0 Å². The molecular formula is C46H47BrN12O4S2. The summed E-state index contributed by atoms with van der Waals surface area (Å²) in [5.41, 5.74) is 12.5. The van der Waals surface area contributed by atoms with E-state index in [0.717, 1.165) is 79.8 Å². The fourth-order valence-corrected chi connectivity index (χ4v) is 8.58. The van der Waals surface area contributed by atoms with Crippen LogP contribution >= 0.6 is 39.9 Å². The number of thioether (sulfide) groups is 1. The molecule has 334 valence electrons. The summed E-state index contributed by atoms with van der Waals surface area (Å²) in [4.78, 5) is 62.3. The molecule has 0 spiro atoms. The van der Waals surface area contributed by atoms with Crippen LogP contribution in [0.15, 0.2) is 124 Å². The Morgan fingerprint density at radius 1 is 0.615 bits per heavy atom. The lowest BCUT2D eigenvalue weighted by molar-refractivity contribution is 0.111. The molecule has 10 rings (SSSR count). The predicted octanol–water partition coefficient (Wildman–Crippen LogP) is 8.20. The van der Waals surface area contributed by atoms with Crippen molar-refractivity contribution in [1.29, 1.82) is 0 Å². The third-order valence-corrected chi connectivity index (χ3v) is 11.3. The van der Waals surface area contributed by atoms with E-state index in [1.165, 1.54) is 29.6 Å². The van der Waals surface area contributed by atoms with E-state index in [9.17, 15) is 14.4 Å². The number of aliphatic hydroxyl groups excluding tert-OH is 1. The molecule has 0 saturated carbocycles. The highest BCUT2D eigenvalue weighted by Crippen LogP contribution is 2.22. The third-order valence-electron chi connectivity index (χ3n) is 9.71. The van der Waals surface area contributed by atoms with Crippen LogP contribution in [0.2, 0.25) is 0 Å². The van der Waals surface area contributed by atoms with Gasteiger partial charge in [-0.1, -0.05) is 52.0 Å². The van der Waals surface area contributed by atoms with Crippen molar-refractivity contribution in [3.05, 3.63) is 192 Å². The number of hydrogen-bond acceptors (Lipinski definition) is 11. The highest BCUT2D eigenvalue weighted by Gasteiger charge is 2.10. The molecule has 10 aromatic rings. The molecule has 4 N–H and O–H groups in total. The molecule has 0 aliphatic carbocycles. The number of H-pyrrole nitrogens is 3. The highest BCUT2D eigenvalue weighted by molar-refractivity contribution is 9.08. The molecule has 0 saturated heterocycles. The van der Waals surface area contributed by atoms with Gasteiger partial charge in [0, 0.05) is 59.4 Å². The second-order valence-corrected chi connectivity index (χ2v) is 16.3. The maximum Gasteiger partial charge on any atom is 0.251 e. The van der Waals surface area contributed by atoms with Crippen molar-refractivity contribution < 1.29 is 9.90 Å². The molecule has 10 heterocycles. The number of aliphatic hydroxyl groups is 1. The van der Waals surface area contributed by atoms with Crippen molar-refractivity contribution in [2.45, 2.75) is 64.4 Å². The van der Waals surface area contributed by atoms with Gasteiger partial charge in [0.1, 0.15) is 28.3 Å². The largest absolute Gasteiger partial charge is 0.390 e. The second kappa shape index (κ2) is 22.2. The summed E-state index contributed by atoms with van der Waals surface area (Å²) in [7, 11) is 0. The first-order chi connectivity index (χ1) is 31.3. The SMILES string of the molecule is Cc1cc(=O)[nH]c(=S)[nH]1.Cc1cc(=O)[nH]c(SCc2c(C)nc3ccccn23)n1.Cc1nc2ccccn2c1C=O.Cc1nc2ccccn2c1CBr.Cc1nc2ccccn2c1CO. The van der Waals surface area contributed by atoms with Crippen LogP contribution in [0.3, 0.4) is 0 Å². The number of nitrogens with one attached hydrogen (secondary N) is 3. The number of aromatic nitrogens is 12. The van der Waals surface area contributed by atoms with Gasteiger partial charge in [0.2, 0.25) is 0 Å². The van der Waals surface area contributed by atoms with E-state index in [1.54, 1.807) is 11.3 Å². The topological polar surface area (TPSA) is 201 Å². The molecule has 16 nitrogen and oxygen atoms in total. The van der Waals surface area contributed by atoms with E-state index in [2.05, 4.69) is 76.8 Å². The third kappa shape index (κ3) is 12.1. The number of aryl methyl sites for hydroxylation is 6. The summed E-state index contributed by atoms with van der Waals surface area (Å²) in [6.45, 7) is 11.4. The van der Waals surface area contributed by atoms with Crippen LogP contribution in [-0.2, 0) is 17.7 Å². The molecule has 0 radical (unpaired) electrons. The van der Waals surface area contributed by atoms with Gasteiger partial charge in [0.25, 0.3) is 11.1 Å². The number of fused-ring (bicyclic) bond motifs is 4. The van der Waals surface area contributed by atoms with E-state index in [1.807, 2.05) is 137 Å². The van der Waals surface area contributed by atoms with Crippen molar-refractivity contribution in [2.75, 3.05) is 0 Å². The predicted molar refractivity (Wildman–Crippen MR) is 260 cm³/mol. The number of aldehydes is 1. The molecular weight excluding hydrogens is 929 g/mol. The number of pyridine rings is 4. The number of nitrogens with zero attached hydrogens (tertiary/aromatic N) is 9. The zero-order valence-corrected chi connectivity index (χ0v) is 39.7. The summed E-state index contributed by atoms with van der Waals surface area (Å²) >= 11 is 9.63. The zero-order chi connectivity index (χ0) is 46.6. The van der Waals surface area contributed by atoms with Crippen molar-refractivity contribution in [1.82, 2.24) is 57.5 Å². The van der Waals surface area contributed by atoms with E-state index in [4.69, 9.17) is 5.11 Å². The number of aromatic amines is 3. The summed E-state index contributed by atoms with van der Waals surface area (Å²) in [5, 5.41) is 10.5. The molecule has 19 heteroatoms. The highest BCUT2D eigenvalue weighted by atomic mass is 79.9. The zero-order valence-electron chi connectivity index (χ0n) is 36.5. The standard InChI is InChI=1S/C14H14N4OS.C9H9BrN2.C9H10N2O.C9H8N2O.C5H6N2OS/c1-9-7-13(19)17-14(15-9)20-8-11-10(2)16-12-5-3-4-6-18(11)12;1-7-8(6-10)12-5-3-2-4-9(12)11-7;2*1-7-8(6-12)11-5-3-2-4-9(11)10-7;1-3-2-4(8)7-5(9)6-3/h3-7H,8H2,1-2H3,(H,15,17,19);2-5H,6H2,1H3;2-5,12H,6H2,1H3;2-6H,1H3;2H,1H3,(H2,6,7,8,9).